The number of esters is 1. The van der Waals surface area contributed by atoms with Crippen molar-refractivity contribution in [3.05, 3.63) is 0 Å². The van der Waals surface area contributed by atoms with Crippen LogP contribution in [0.15, 0.2) is 0 Å². The number of carbonyl (C=O) groups is 1. The molecule has 0 unspecified atom stereocenters. The normalized spacial score (nSPS) is 10.3. The Hall–Kier alpha value is -0.570. The zero-order valence-electron chi connectivity index (χ0n) is 8.22. The number of ether oxygens (including phenoxy) is 1. The molecule has 0 aromatic carbocycles. The molecule has 72 valence electrons. The summed E-state index contributed by atoms with van der Waals surface area (Å²) in [5, 5.41) is 3.02. The molecular formula is C9H19NO2. The molecule has 0 radical (unpaired) electrons. The molecular weight excluding hydrogens is 154 g/mol. The van der Waals surface area contributed by atoms with E-state index in [1.807, 2.05) is 13.8 Å². The fourth-order valence-electron chi connectivity index (χ4n) is 0.797. The van der Waals surface area contributed by atoms with E-state index < -0.39 is 0 Å². The Balaban J connectivity index is 3.20. The fraction of sp³-hybridized carbons (Fsp3) is 0.889. The van der Waals surface area contributed by atoms with Gasteiger partial charge in [0.05, 0.1) is 12.6 Å². The zero-order chi connectivity index (χ0) is 9.40. The summed E-state index contributed by atoms with van der Waals surface area (Å²) in [6.45, 7) is 7.05. The number of hydrogen-bond acceptors (Lipinski definition) is 3. The Bertz CT molecular complexity index is 124. The topological polar surface area (TPSA) is 38.3 Å². The summed E-state index contributed by atoms with van der Waals surface area (Å²) >= 11 is 0. The Morgan fingerprint density at radius 1 is 1.50 bits per heavy atom. The van der Waals surface area contributed by atoms with Gasteiger partial charge in [-0.2, -0.15) is 0 Å². The monoisotopic (exact) mass is 173 g/mol. The molecule has 0 rings (SSSR count). The van der Waals surface area contributed by atoms with Crippen molar-refractivity contribution in [3.63, 3.8) is 0 Å². The van der Waals surface area contributed by atoms with E-state index in [1.165, 1.54) is 0 Å². The van der Waals surface area contributed by atoms with Gasteiger partial charge in [0, 0.05) is 0 Å². The van der Waals surface area contributed by atoms with Crippen LogP contribution >= 0.6 is 0 Å². The highest BCUT2D eigenvalue weighted by molar-refractivity contribution is 5.71. The molecule has 3 nitrogen and oxygen atoms in total. The second-order valence-electron chi connectivity index (χ2n) is 3.07. The quantitative estimate of drug-likeness (QED) is 0.486. The van der Waals surface area contributed by atoms with Crippen LogP contribution in [0.2, 0.25) is 0 Å². The maximum atomic E-state index is 10.9. The van der Waals surface area contributed by atoms with E-state index in [-0.39, 0.29) is 12.1 Å². The molecule has 0 aromatic rings. The molecule has 0 fully saturated rings. The van der Waals surface area contributed by atoms with Crippen LogP contribution in [0, 0.1) is 0 Å². The second kappa shape index (κ2) is 7.10. The van der Waals surface area contributed by atoms with Gasteiger partial charge in [-0.25, -0.2) is 0 Å². The first-order chi connectivity index (χ1) is 5.66. The molecule has 0 aliphatic carbocycles. The largest absolute Gasteiger partial charge is 0.462 e. The van der Waals surface area contributed by atoms with Gasteiger partial charge in [-0.05, 0) is 26.8 Å². The smallest absolute Gasteiger partial charge is 0.320 e. The number of nitrogens with one attached hydrogen (secondary N) is 1. The lowest BCUT2D eigenvalue weighted by Crippen LogP contribution is -2.27. The first-order valence-corrected chi connectivity index (χ1v) is 4.57. The predicted molar refractivity (Wildman–Crippen MR) is 49.0 cm³/mol. The van der Waals surface area contributed by atoms with Crippen molar-refractivity contribution >= 4 is 5.97 Å². The highest BCUT2D eigenvalue weighted by Crippen LogP contribution is 1.88. The van der Waals surface area contributed by atoms with Gasteiger partial charge >= 0.3 is 5.97 Å². The summed E-state index contributed by atoms with van der Waals surface area (Å²) in [6, 6.07) is 0. The molecule has 0 saturated carbocycles. The molecule has 0 aromatic heterocycles. The van der Waals surface area contributed by atoms with Crippen LogP contribution < -0.4 is 5.32 Å². The lowest BCUT2D eigenvalue weighted by atomic mass is 10.3. The Labute approximate surface area is 74.5 Å². The highest BCUT2D eigenvalue weighted by atomic mass is 16.5. The van der Waals surface area contributed by atoms with Crippen molar-refractivity contribution in [2.45, 2.75) is 39.7 Å². The molecule has 0 heterocycles. The van der Waals surface area contributed by atoms with E-state index in [2.05, 4.69) is 12.2 Å². The van der Waals surface area contributed by atoms with Gasteiger partial charge in [0.15, 0.2) is 0 Å². The van der Waals surface area contributed by atoms with E-state index in [0.717, 1.165) is 19.4 Å². The molecule has 0 spiro atoms. The van der Waals surface area contributed by atoms with E-state index in [0.29, 0.717) is 6.54 Å². The first kappa shape index (κ1) is 11.4. The number of carbonyl (C=O) groups excluding carboxylic acids is 1. The lowest BCUT2D eigenvalue weighted by molar-refractivity contribution is -0.146. The third kappa shape index (κ3) is 7.54. The van der Waals surface area contributed by atoms with Crippen LogP contribution in [-0.2, 0) is 9.53 Å². The molecule has 0 aliphatic rings. The van der Waals surface area contributed by atoms with Crippen LogP contribution in [0.1, 0.15) is 33.6 Å². The van der Waals surface area contributed by atoms with Crippen molar-refractivity contribution in [1.29, 1.82) is 0 Å². The molecule has 1 N–H and O–H groups in total. The molecule has 12 heavy (non-hydrogen) atoms. The highest BCUT2D eigenvalue weighted by Gasteiger charge is 2.02. The van der Waals surface area contributed by atoms with Gasteiger partial charge in [-0.15, -0.1) is 0 Å². The van der Waals surface area contributed by atoms with Gasteiger partial charge in [0.25, 0.3) is 0 Å². The first-order valence-electron chi connectivity index (χ1n) is 4.57. The van der Waals surface area contributed by atoms with Crippen LogP contribution in [0.25, 0.3) is 0 Å². The van der Waals surface area contributed by atoms with Crippen LogP contribution in [0.5, 0.6) is 0 Å². The minimum atomic E-state index is -0.166. The van der Waals surface area contributed by atoms with Gasteiger partial charge in [0.2, 0.25) is 0 Å². The van der Waals surface area contributed by atoms with Gasteiger partial charge in [-0.3, -0.25) is 4.79 Å². The molecule has 3 heteroatoms. The minimum absolute atomic E-state index is 0.00882. The second-order valence-corrected chi connectivity index (χ2v) is 3.07. The average molecular weight is 173 g/mol. The molecule has 0 saturated heterocycles. The predicted octanol–water partition coefficient (Wildman–Crippen LogP) is 1.33. The van der Waals surface area contributed by atoms with Crippen molar-refractivity contribution in [2.75, 3.05) is 13.1 Å². The lowest BCUT2D eigenvalue weighted by Gasteiger charge is -2.07. The number of hydrogen-bond donors (Lipinski definition) is 1. The van der Waals surface area contributed by atoms with Gasteiger partial charge in [0.1, 0.15) is 0 Å². The number of rotatable bonds is 6. The van der Waals surface area contributed by atoms with Crippen molar-refractivity contribution in [3.8, 4) is 0 Å². The maximum absolute atomic E-state index is 10.9. The summed E-state index contributed by atoms with van der Waals surface area (Å²) in [5.74, 6) is -0.166. The fourth-order valence-corrected chi connectivity index (χ4v) is 0.797. The van der Waals surface area contributed by atoms with Crippen LogP contribution in [-0.4, -0.2) is 25.2 Å². The summed E-state index contributed by atoms with van der Waals surface area (Å²) in [7, 11) is 0. The average Bonchev–Trinajstić information content (AvgIpc) is 1.97. The van der Waals surface area contributed by atoms with Gasteiger partial charge in [-0.1, -0.05) is 13.3 Å². The van der Waals surface area contributed by atoms with Crippen LogP contribution in [0.4, 0.5) is 0 Å². The van der Waals surface area contributed by atoms with E-state index in [1.54, 1.807) is 0 Å². The SMILES string of the molecule is CCCCNCC(=O)OC(C)C. The molecule has 0 bridgehead atoms. The summed E-state index contributed by atoms with van der Waals surface area (Å²) < 4.78 is 4.93. The van der Waals surface area contributed by atoms with Crippen molar-refractivity contribution in [2.24, 2.45) is 0 Å². The standard InChI is InChI=1S/C9H19NO2/c1-4-5-6-10-7-9(11)12-8(2)3/h8,10H,4-7H2,1-3H3. The number of unbranched alkanes of at least 4 members (excludes halogenated alkanes) is 1. The molecule has 0 aliphatic heterocycles. The van der Waals surface area contributed by atoms with E-state index in [9.17, 15) is 4.79 Å². The van der Waals surface area contributed by atoms with Crippen LogP contribution in [0.3, 0.4) is 0 Å². The third-order valence-corrected chi connectivity index (χ3v) is 1.34. The Morgan fingerprint density at radius 3 is 2.67 bits per heavy atom. The van der Waals surface area contributed by atoms with Crippen molar-refractivity contribution in [1.82, 2.24) is 5.32 Å². The van der Waals surface area contributed by atoms with Gasteiger partial charge < -0.3 is 10.1 Å². The van der Waals surface area contributed by atoms with Crippen molar-refractivity contribution < 1.29 is 9.53 Å². The summed E-state index contributed by atoms with van der Waals surface area (Å²) in [5.41, 5.74) is 0. The zero-order valence-corrected chi connectivity index (χ0v) is 8.22. The molecule has 0 amide bonds. The maximum Gasteiger partial charge on any atom is 0.320 e. The van der Waals surface area contributed by atoms with E-state index in [4.69, 9.17) is 4.74 Å². The Morgan fingerprint density at radius 2 is 2.17 bits per heavy atom. The third-order valence-electron chi connectivity index (χ3n) is 1.34. The summed E-state index contributed by atoms with van der Waals surface area (Å²) in [4.78, 5) is 10.9. The van der Waals surface area contributed by atoms with E-state index >= 15 is 0 Å². The Kier molecular flexibility index (Phi) is 6.76. The minimum Gasteiger partial charge on any atom is -0.462 e. The molecule has 0 atom stereocenters. The summed E-state index contributed by atoms with van der Waals surface area (Å²) in [6.07, 6.45) is 2.24.